The number of ether oxygens (including phenoxy) is 1. The van der Waals surface area contributed by atoms with E-state index >= 15 is 0 Å². The number of carboxylic acid groups (broad SMARTS) is 1. The smallest absolute Gasteiger partial charge is 0.326 e. The number of carbonyl (C=O) groups is 2. The van der Waals surface area contributed by atoms with Crippen LogP contribution in [0.25, 0.3) is 11.5 Å². The fraction of sp³-hybridized carbons (Fsp3) is 0.593. The fourth-order valence-corrected chi connectivity index (χ4v) is 4.56. The Balaban J connectivity index is 1.55. The van der Waals surface area contributed by atoms with Gasteiger partial charge >= 0.3 is 5.97 Å². The number of aryl methyl sites for hydroxylation is 3. The highest BCUT2D eigenvalue weighted by molar-refractivity contribution is 5.85. The van der Waals surface area contributed by atoms with Crippen molar-refractivity contribution in [1.29, 1.82) is 0 Å². The normalized spacial score (nSPS) is 19.2. The molecule has 34 heavy (non-hydrogen) atoms. The first-order valence-corrected chi connectivity index (χ1v) is 12.4. The molecule has 1 saturated carbocycles. The number of aromatic nitrogens is 1. The van der Waals surface area contributed by atoms with E-state index in [0.29, 0.717) is 25.5 Å². The van der Waals surface area contributed by atoms with Crippen LogP contribution in [0.1, 0.15) is 69.0 Å². The first-order chi connectivity index (χ1) is 16.2. The maximum absolute atomic E-state index is 12.7. The average Bonchev–Trinajstić information content (AvgIpc) is 3.22. The van der Waals surface area contributed by atoms with Crippen LogP contribution in [-0.4, -0.2) is 34.6 Å². The van der Waals surface area contributed by atoms with Gasteiger partial charge in [0.05, 0.1) is 6.61 Å². The summed E-state index contributed by atoms with van der Waals surface area (Å²) in [6.45, 7) is 10.7. The lowest BCUT2D eigenvalue weighted by atomic mass is 9.81. The van der Waals surface area contributed by atoms with Crippen molar-refractivity contribution in [1.82, 2.24) is 10.3 Å². The SMILES string of the molecule is CCc1oc(-c2ccc(C)c(C)c2)nc1COCC1CCCC(C(=O)N[C@H](C(=O)O)C(C)C)C1. The molecule has 1 fully saturated rings. The highest BCUT2D eigenvalue weighted by Gasteiger charge is 2.31. The van der Waals surface area contributed by atoms with Gasteiger partial charge in [0.1, 0.15) is 17.5 Å². The van der Waals surface area contributed by atoms with Crippen molar-refractivity contribution in [3.63, 3.8) is 0 Å². The van der Waals surface area contributed by atoms with Crippen molar-refractivity contribution < 1.29 is 23.8 Å². The van der Waals surface area contributed by atoms with Gasteiger partial charge in [-0.3, -0.25) is 4.79 Å². The van der Waals surface area contributed by atoms with Crippen molar-refractivity contribution in [3.8, 4) is 11.5 Å². The van der Waals surface area contributed by atoms with Crippen LogP contribution < -0.4 is 5.32 Å². The van der Waals surface area contributed by atoms with Gasteiger partial charge in [-0.1, -0.05) is 33.3 Å². The predicted octanol–water partition coefficient (Wildman–Crippen LogP) is 5.07. The molecular formula is C27H38N2O5. The Morgan fingerprint density at radius 2 is 2.00 bits per heavy atom. The van der Waals surface area contributed by atoms with E-state index in [1.54, 1.807) is 13.8 Å². The van der Waals surface area contributed by atoms with Crippen LogP contribution in [0, 0.1) is 31.6 Å². The van der Waals surface area contributed by atoms with E-state index < -0.39 is 12.0 Å². The molecule has 7 heteroatoms. The van der Waals surface area contributed by atoms with Crippen molar-refractivity contribution in [2.75, 3.05) is 6.61 Å². The van der Waals surface area contributed by atoms with Gasteiger partial charge in [-0.15, -0.1) is 0 Å². The van der Waals surface area contributed by atoms with Gasteiger partial charge in [-0.05, 0) is 68.2 Å². The van der Waals surface area contributed by atoms with E-state index in [1.807, 2.05) is 13.0 Å². The van der Waals surface area contributed by atoms with Gasteiger partial charge in [0.2, 0.25) is 11.8 Å². The Morgan fingerprint density at radius 3 is 2.65 bits per heavy atom. The van der Waals surface area contributed by atoms with E-state index in [4.69, 9.17) is 14.1 Å². The molecule has 2 unspecified atom stereocenters. The third kappa shape index (κ3) is 6.47. The Hall–Kier alpha value is -2.67. The lowest BCUT2D eigenvalue weighted by Crippen LogP contribution is -2.47. The molecule has 186 valence electrons. The molecule has 1 aromatic carbocycles. The lowest BCUT2D eigenvalue weighted by molar-refractivity contribution is -0.144. The van der Waals surface area contributed by atoms with E-state index in [1.165, 1.54) is 11.1 Å². The Kier molecular flexibility index (Phi) is 8.89. The first kappa shape index (κ1) is 25.9. The van der Waals surface area contributed by atoms with Crippen molar-refractivity contribution in [3.05, 3.63) is 40.8 Å². The second-order valence-corrected chi connectivity index (χ2v) is 9.85. The summed E-state index contributed by atoms with van der Waals surface area (Å²) >= 11 is 0. The maximum Gasteiger partial charge on any atom is 0.326 e. The number of hydrogen-bond donors (Lipinski definition) is 2. The van der Waals surface area contributed by atoms with Crippen LogP contribution in [0.15, 0.2) is 22.6 Å². The number of carboxylic acids is 1. The Labute approximate surface area is 202 Å². The van der Waals surface area contributed by atoms with Crippen LogP contribution in [-0.2, 0) is 27.4 Å². The number of oxazole rings is 1. The molecule has 1 aliphatic rings. The predicted molar refractivity (Wildman–Crippen MR) is 130 cm³/mol. The fourth-order valence-electron chi connectivity index (χ4n) is 4.56. The minimum absolute atomic E-state index is 0.159. The molecule has 7 nitrogen and oxygen atoms in total. The Morgan fingerprint density at radius 1 is 1.24 bits per heavy atom. The standard InChI is InChI=1S/C27H38N2O5/c1-6-23-22(28-26(34-23)21-11-10-17(4)18(5)12-21)15-33-14-19-8-7-9-20(13-19)25(30)29-24(16(2)3)27(31)32/h10-12,16,19-20,24H,6-9,13-15H2,1-5H3,(H,29,30)(H,31,32)/t19?,20?,24-/m0/s1. The van der Waals surface area contributed by atoms with Gasteiger partial charge in [0.25, 0.3) is 0 Å². The van der Waals surface area contributed by atoms with E-state index in [0.717, 1.165) is 42.7 Å². The summed E-state index contributed by atoms with van der Waals surface area (Å²) in [6, 6.07) is 5.34. The second kappa shape index (κ2) is 11.6. The quantitative estimate of drug-likeness (QED) is 0.503. The van der Waals surface area contributed by atoms with E-state index in [-0.39, 0.29) is 23.7 Å². The molecule has 0 radical (unpaired) electrons. The van der Waals surface area contributed by atoms with Crippen LogP contribution in [0.4, 0.5) is 0 Å². The topological polar surface area (TPSA) is 102 Å². The number of aliphatic carboxylic acids is 1. The molecular weight excluding hydrogens is 432 g/mol. The molecule has 1 heterocycles. The minimum Gasteiger partial charge on any atom is -0.480 e. The number of nitrogens with one attached hydrogen (secondary N) is 1. The molecule has 2 aromatic rings. The highest BCUT2D eigenvalue weighted by Crippen LogP contribution is 2.30. The minimum atomic E-state index is -0.987. The molecule has 0 aliphatic heterocycles. The van der Waals surface area contributed by atoms with Gasteiger partial charge in [-0.25, -0.2) is 9.78 Å². The lowest BCUT2D eigenvalue weighted by Gasteiger charge is -2.29. The molecule has 0 spiro atoms. The summed E-state index contributed by atoms with van der Waals surface area (Å²) in [5.74, 6) is 0.245. The van der Waals surface area contributed by atoms with E-state index in [9.17, 15) is 14.7 Å². The van der Waals surface area contributed by atoms with Crippen LogP contribution in [0.2, 0.25) is 0 Å². The molecule has 3 atom stereocenters. The third-order valence-corrected chi connectivity index (χ3v) is 6.83. The zero-order chi connectivity index (χ0) is 24.8. The van der Waals surface area contributed by atoms with Gasteiger partial charge in [0, 0.05) is 24.5 Å². The molecule has 0 saturated heterocycles. The van der Waals surface area contributed by atoms with Crippen LogP contribution >= 0.6 is 0 Å². The summed E-state index contributed by atoms with van der Waals surface area (Å²) in [6.07, 6.45) is 4.18. The molecule has 2 N–H and O–H groups in total. The number of nitrogens with zero attached hydrogens (tertiary/aromatic N) is 1. The Bertz CT molecular complexity index is 997. The van der Waals surface area contributed by atoms with Gasteiger partial charge in [-0.2, -0.15) is 0 Å². The second-order valence-electron chi connectivity index (χ2n) is 9.85. The zero-order valence-electron chi connectivity index (χ0n) is 21.0. The zero-order valence-corrected chi connectivity index (χ0v) is 21.0. The summed E-state index contributed by atoms with van der Waals surface area (Å²) in [7, 11) is 0. The average molecular weight is 471 g/mol. The van der Waals surface area contributed by atoms with Crippen LogP contribution in [0.3, 0.4) is 0 Å². The van der Waals surface area contributed by atoms with E-state index in [2.05, 4.69) is 31.3 Å². The van der Waals surface area contributed by atoms with Gasteiger partial charge < -0.3 is 19.6 Å². The van der Waals surface area contributed by atoms with Crippen molar-refractivity contribution in [2.45, 2.75) is 79.4 Å². The number of hydrogen-bond acceptors (Lipinski definition) is 5. The summed E-state index contributed by atoms with van der Waals surface area (Å²) in [4.78, 5) is 28.8. The van der Waals surface area contributed by atoms with Crippen molar-refractivity contribution >= 4 is 11.9 Å². The van der Waals surface area contributed by atoms with Crippen molar-refractivity contribution in [2.24, 2.45) is 17.8 Å². The number of amides is 1. The third-order valence-electron chi connectivity index (χ3n) is 6.83. The molecule has 1 aromatic heterocycles. The maximum atomic E-state index is 12.7. The molecule has 3 rings (SSSR count). The summed E-state index contributed by atoms with van der Waals surface area (Å²) < 4.78 is 12.1. The molecule has 0 bridgehead atoms. The number of benzene rings is 1. The highest BCUT2D eigenvalue weighted by atomic mass is 16.5. The first-order valence-electron chi connectivity index (χ1n) is 12.4. The van der Waals surface area contributed by atoms with Crippen LogP contribution in [0.5, 0.6) is 0 Å². The summed E-state index contributed by atoms with van der Waals surface area (Å²) in [5.41, 5.74) is 4.22. The largest absolute Gasteiger partial charge is 0.480 e. The molecule has 1 aliphatic carbocycles. The monoisotopic (exact) mass is 470 g/mol. The summed E-state index contributed by atoms with van der Waals surface area (Å²) in [5, 5.41) is 12.1. The molecule has 1 amide bonds. The number of rotatable bonds is 10. The number of carbonyl (C=O) groups excluding carboxylic acids is 1. The van der Waals surface area contributed by atoms with Gasteiger partial charge in [0.15, 0.2) is 0 Å².